The number of hydrogen-bond donors (Lipinski definition) is 2. The van der Waals surface area contributed by atoms with E-state index in [1.165, 1.54) is 51.4 Å². The van der Waals surface area contributed by atoms with Crippen molar-refractivity contribution in [2.24, 2.45) is 22.7 Å². The van der Waals surface area contributed by atoms with Gasteiger partial charge in [0.25, 0.3) is 6.02 Å². The van der Waals surface area contributed by atoms with E-state index in [1.54, 1.807) is 0 Å². The van der Waals surface area contributed by atoms with Crippen molar-refractivity contribution in [1.82, 2.24) is 10.2 Å². The van der Waals surface area contributed by atoms with Crippen molar-refractivity contribution in [1.29, 1.82) is 0 Å². The molecule has 0 aromatic carbocycles. The Hall–Kier alpha value is -1.22. The van der Waals surface area contributed by atoms with Crippen molar-refractivity contribution < 1.29 is 24.1 Å². The standard InChI is InChI=1S/C36H65N3O5/c1-7-14-29(39(5)6)23-30-19-20-31(42-30)24(2)34(40)25(3)32-21-22-33(43-32)26(4)35(41)44-36(37-27-15-10-8-11-16-27)38-28-17-12-9-13-18-28/h24-34,40H,7-23H2,1-6H3,(H,37,38)/t24-,25-,26-,29-,30+,31-,32+,33-,34+/m1/s1. The lowest BCUT2D eigenvalue weighted by molar-refractivity contribution is -0.146. The third-order valence-corrected chi connectivity index (χ3v) is 11.3. The fourth-order valence-corrected chi connectivity index (χ4v) is 8.11. The number of ether oxygens (including phenoxy) is 3. The van der Waals surface area contributed by atoms with Crippen LogP contribution in [0.3, 0.4) is 0 Å². The lowest BCUT2D eigenvalue weighted by Crippen LogP contribution is -2.42. The maximum Gasteiger partial charge on any atom is 0.319 e. The maximum absolute atomic E-state index is 13.4. The Morgan fingerprint density at radius 1 is 0.864 bits per heavy atom. The van der Waals surface area contributed by atoms with Crippen LogP contribution < -0.4 is 5.32 Å². The van der Waals surface area contributed by atoms with E-state index in [1.807, 2.05) is 6.92 Å². The molecule has 0 amide bonds. The Bertz CT molecular complexity index is 887. The van der Waals surface area contributed by atoms with E-state index in [2.05, 4.69) is 45.1 Å². The minimum absolute atomic E-state index is 0.0353. The van der Waals surface area contributed by atoms with Gasteiger partial charge >= 0.3 is 5.97 Å². The van der Waals surface area contributed by atoms with Gasteiger partial charge in [-0.15, -0.1) is 0 Å². The molecule has 2 aliphatic carbocycles. The zero-order valence-corrected chi connectivity index (χ0v) is 28.8. The monoisotopic (exact) mass is 619 g/mol. The normalized spacial score (nSPS) is 31.0. The first-order valence-electron chi connectivity index (χ1n) is 18.4. The Morgan fingerprint density at radius 3 is 2.09 bits per heavy atom. The van der Waals surface area contributed by atoms with Crippen LogP contribution in [0.15, 0.2) is 4.99 Å². The highest BCUT2D eigenvalue weighted by Crippen LogP contribution is 2.37. The number of nitrogens with zero attached hydrogens (tertiary/aromatic N) is 2. The molecule has 8 heteroatoms. The van der Waals surface area contributed by atoms with Crippen LogP contribution >= 0.6 is 0 Å². The molecule has 0 aromatic heterocycles. The minimum Gasteiger partial charge on any atom is -0.392 e. The molecular weight excluding hydrogens is 554 g/mol. The third-order valence-electron chi connectivity index (χ3n) is 11.3. The van der Waals surface area contributed by atoms with Crippen LogP contribution in [0.25, 0.3) is 0 Å². The van der Waals surface area contributed by atoms with E-state index < -0.39 is 12.0 Å². The second-order valence-electron chi connectivity index (χ2n) is 14.9. The highest BCUT2D eigenvalue weighted by molar-refractivity contribution is 5.89. The molecule has 2 saturated heterocycles. The van der Waals surface area contributed by atoms with E-state index in [4.69, 9.17) is 19.2 Å². The number of hydrogen-bond acceptors (Lipinski definition) is 7. The first kappa shape index (κ1) is 35.6. The summed E-state index contributed by atoms with van der Waals surface area (Å²) in [5.74, 6) is -0.655. The van der Waals surface area contributed by atoms with Gasteiger partial charge in [0.2, 0.25) is 0 Å². The molecule has 8 nitrogen and oxygen atoms in total. The van der Waals surface area contributed by atoms with Crippen LogP contribution in [-0.4, -0.2) is 84.7 Å². The lowest BCUT2D eigenvalue weighted by atomic mass is 9.84. The number of carbonyl (C=O) groups excluding carboxylic acids is 1. The van der Waals surface area contributed by atoms with Gasteiger partial charge in [0.05, 0.1) is 42.5 Å². The van der Waals surface area contributed by atoms with Gasteiger partial charge in [0, 0.05) is 23.9 Å². The van der Waals surface area contributed by atoms with Crippen LogP contribution in [0, 0.1) is 17.8 Å². The summed E-state index contributed by atoms with van der Waals surface area (Å²) in [4.78, 5) is 20.7. The Labute approximate surface area is 268 Å². The van der Waals surface area contributed by atoms with Gasteiger partial charge in [-0.05, 0) is 85.2 Å². The molecule has 44 heavy (non-hydrogen) atoms. The average Bonchev–Trinajstić information content (AvgIpc) is 3.71. The number of esters is 1. The largest absolute Gasteiger partial charge is 0.392 e. The van der Waals surface area contributed by atoms with Gasteiger partial charge in [-0.3, -0.25) is 4.79 Å². The quantitative estimate of drug-likeness (QED) is 0.136. The predicted molar refractivity (Wildman–Crippen MR) is 177 cm³/mol. The summed E-state index contributed by atoms with van der Waals surface area (Å²) in [6.07, 6.45) is 18.3. The van der Waals surface area contributed by atoms with Gasteiger partial charge in [-0.2, -0.15) is 0 Å². The van der Waals surface area contributed by atoms with E-state index in [-0.39, 0.29) is 48.3 Å². The molecule has 0 bridgehead atoms. The SMILES string of the molecule is CCC[C@H](C[C@@H]1CC[C@H]([C@@H](C)[C@H](O)[C@H](C)[C@@H]2CC[C@H]([C@@H](C)C(=O)OC(=NC3CCCCC3)NC3CCCCC3)O2)O1)N(C)C. The van der Waals surface area contributed by atoms with Crippen molar-refractivity contribution in [3.05, 3.63) is 0 Å². The molecule has 0 radical (unpaired) electrons. The summed E-state index contributed by atoms with van der Waals surface area (Å²) < 4.78 is 19.0. The van der Waals surface area contributed by atoms with Gasteiger partial charge in [0.1, 0.15) is 0 Å². The van der Waals surface area contributed by atoms with Gasteiger partial charge < -0.3 is 29.5 Å². The van der Waals surface area contributed by atoms with E-state index >= 15 is 0 Å². The number of nitrogens with one attached hydrogen (secondary N) is 1. The number of carbonyl (C=O) groups is 1. The van der Waals surface area contributed by atoms with Crippen molar-refractivity contribution in [2.75, 3.05) is 14.1 Å². The zero-order valence-electron chi connectivity index (χ0n) is 28.8. The summed E-state index contributed by atoms with van der Waals surface area (Å²) >= 11 is 0. The molecule has 4 rings (SSSR count). The zero-order chi connectivity index (χ0) is 31.6. The second kappa shape index (κ2) is 17.6. The molecule has 254 valence electrons. The minimum atomic E-state index is -0.515. The molecule has 0 aromatic rings. The van der Waals surface area contributed by atoms with Crippen molar-refractivity contribution in [3.63, 3.8) is 0 Å². The number of aliphatic hydroxyl groups excluding tert-OH is 1. The van der Waals surface area contributed by atoms with Crippen LogP contribution in [0.1, 0.15) is 137 Å². The molecule has 4 aliphatic rings. The Balaban J connectivity index is 1.27. The summed E-state index contributed by atoms with van der Waals surface area (Å²) in [7, 11) is 4.32. The number of amidine groups is 1. The number of aliphatic imine (C=N–C) groups is 1. The topological polar surface area (TPSA) is 92.6 Å². The molecule has 2 aliphatic heterocycles. The summed E-state index contributed by atoms with van der Waals surface area (Å²) in [5, 5.41) is 14.9. The Kier molecular flexibility index (Phi) is 14.3. The lowest BCUT2D eigenvalue weighted by Gasteiger charge is -2.33. The molecule has 2 saturated carbocycles. The highest BCUT2D eigenvalue weighted by atomic mass is 16.6. The van der Waals surface area contributed by atoms with Crippen LogP contribution in [0.4, 0.5) is 0 Å². The van der Waals surface area contributed by atoms with E-state index in [0.29, 0.717) is 18.1 Å². The van der Waals surface area contributed by atoms with Crippen LogP contribution in [0.5, 0.6) is 0 Å². The highest BCUT2D eigenvalue weighted by Gasteiger charge is 2.42. The molecule has 2 heterocycles. The van der Waals surface area contributed by atoms with E-state index in [9.17, 15) is 9.90 Å². The molecule has 2 N–H and O–H groups in total. The fraction of sp³-hybridized carbons (Fsp3) is 0.944. The van der Waals surface area contributed by atoms with Gasteiger partial charge in [-0.1, -0.05) is 65.7 Å². The fourth-order valence-electron chi connectivity index (χ4n) is 8.11. The van der Waals surface area contributed by atoms with Crippen molar-refractivity contribution in [3.8, 4) is 0 Å². The molecule has 0 unspecified atom stereocenters. The van der Waals surface area contributed by atoms with E-state index in [0.717, 1.165) is 57.8 Å². The van der Waals surface area contributed by atoms with Crippen LogP contribution in [-0.2, 0) is 19.0 Å². The van der Waals surface area contributed by atoms with Crippen molar-refractivity contribution >= 4 is 12.0 Å². The van der Waals surface area contributed by atoms with Gasteiger partial charge in [-0.25, -0.2) is 4.99 Å². The van der Waals surface area contributed by atoms with Crippen molar-refractivity contribution in [2.45, 2.75) is 185 Å². The predicted octanol–water partition coefficient (Wildman–Crippen LogP) is 6.63. The molecular formula is C36H65N3O5. The third kappa shape index (κ3) is 10.1. The maximum atomic E-state index is 13.4. The first-order chi connectivity index (χ1) is 21.2. The summed E-state index contributed by atoms with van der Waals surface area (Å²) in [6, 6.07) is 1.53. The Morgan fingerprint density at radius 2 is 1.45 bits per heavy atom. The second-order valence-corrected chi connectivity index (χ2v) is 14.9. The van der Waals surface area contributed by atoms with Gasteiger partial charge in [0.15, 0.2) is 0 Å². The summed E-state index contributed by atoms with van der Waals surface area (Å²) in [6.45, 7) is 8.38. The average molecular weight is 620 g/mol. The first-order valence-corrected chi connectivity index (χ1v) is 18.4. The molecule has 9 atom stereocenters. The summed E-state index contributed by atoms with van der Waals surface area (Å²) in [5.41, 5.74) is 0. The number of aliphatic hydroxyl groups is 1. The molecule has 4 fully saturated rings. The van der Waals surface area contributed by atoms with Crippen LogP contribution in [0.2, 0.25) is 0 Å². The molecule has 0 spiro atoms. The number of rotatable bonds is 13. The smallest absolute Gasteiger partial charge is 0.319 e.